The van der Waals surface area contributed by atoms with Crippen LogP contribution < -0.4 is 0 Å². The molecule has 0 radical (unpaired) electrons. The second-order valence-electron chi connectivity index (χ2n) is 5.03. The summed E-state index contributed by atoms with van der Waals surface area (Å²) in [5.41, 5.74) is 2.85. The predicted octanol–water partition coefficient (Wildman–Crippen LogP) is 4.65. The largest absolute Gasteiger partial charge is 0.331 e. The quantitative estimate of drug-likeness (QED) is 0.818. The summed E-state index contributed by atoms with van der Waals surface area (Å²) < 4.78 is 4.21. The molecule has 0 amide bonds. The van der Waals surface area contributed by atoms with Gasteiger partial charge in [-0.1, -0.05) is 22.9 Å². The standard InChI is InChI=1S/C13H15BrN2S/c1-2-13(5-6-13)8-16-11-7-9(14)3-4-10(11)15-12(16)17/h3-4,7H,2,5-6,8H2,1H3,(H,15,17). The van der Waals surface area contributed by atoms with Gasteiger partial charge in [0.2, 0.25) is 0 Å². The second kappa shape index (κ2) is 3.95. The molecule has 2 nitrogen and oxygen atoms in total. The van der Waals surface area contributed by atoms with Crippen molar-refractivity contribution in [2.75, 3.05) is 0 Å². The van der Waals surface area contributed by atoms with Crippen molar-refractivity contribution in [2.45, 2.75) is 32.7 Å². The fourth-order valence-corrected chi connectivity index (χ4v) is 3.04. The zero-order valence-electron chi connectivity index (χ0n) is 9.79. The summed E-state index contributed by atoms with van der Waals surface area (Å²) in [6.07, 6.45) is 3.92. The van der Waals surface area contributed by atoms with Crippen LogP contribution in [0.25, 0.3) is 11.0 Å². The number of imidazole rings is 1. The molecule has 0 atom stereocenters. The number of nitrogens with zero attached hydrogens (tertiary/aromatic N) is 1. The first-order chi connectivity index (χ1) is 8.13. The summed E-state index contributed by atoms with van der Waals surface area (Å²) in [6, 6.07) is 6.27. The van der Waals surface area contributed by atoms with Gasteiger partial charge in [-0.3, -0.25) is 0 Å². The van der Waals surface area contributed by atoms with Crippen LogP contribution in [0.3, 0.4) is 0 Å². The van der Waals surface area contributed by atoms with Crippen molar-refractivity contribution >= 4 is 39.2 Å². The average Bonchev–Trinajstić information content (AvgIpc) is 3.03. The molecule has 2 aromatic rings. The summed E-state index contributed by atoms with van der Waals surface area (Å²) in [5.74, 6) is 0. The Morgan fingerprint density at radius 3 is 2.88 bits per heavy atom. The first-order valence-electron chi connectivity index (χ1n) is 6.02. The SMILES string of the molecule is CCC1(Cn2c(=S)[nH]c3ccc(Br)cc32)CC1. The first-order valence-corrected chi connectivity index (χ1v) is 7.22. The third-order valence-corrected chi connectivity index (χ3v) is 4.75. The number of hydrogen-bond acceptors (Lipinski definition) is 1. The minimum atomic E-state index is 0.510. The maximum atomic E-state index is 5.43. The van der Waals surface area contributed by atoms with Crippen LogP contribution in [0.2, 0.25) is 0 Å². The van der Waals surface area contributed by atoms with Crippen LogP contribution in [0.5, 0.6) is 0 Å². The number of rotatable bonds is 3. The molecule has 1 saturated carbocycles. The van der Waals surface area contributed by atoms with E-state index in [0.717, 1.165) is 21.3 Å². The molecule has 3 rings (SSSR count). The highest BCUT2D eigenvalue weighted by Crippen LogP contribution is 2.50. The van der Waals surface area contributed by atoms with Crippen LogP contribution in [-0.2, 0) is 6.54 Å². The van der Waals surface area contributed by atoms with Crippen molar-refractivity contribution in [1.29, 1.82) is 0 Å². The lowest BCUT2D eigenvalue weighted by molar-refractivity contribution is 0.412. The molecule has 1 aliphatic rings. The van der Waals surface area contributed by atoms with Crippen molar-refractivity contribution < 1.29 is 0 Å². The number of H-pyrrole nitrogens is 1. The van der Waals surface area contributed by atoms with Gasteiger partial charge in [0.15, 0.2) is 4.77 Å². The number of nitrogens with one attached hydrogen (secondary N) is 1. The number of fused-ring (bicyclic) bond motifs is 1. The van der Waals surface area contributed by atoms with Crippen LogP contribution in [0.4, 0.5) is 0 Å². The van der Waals surface area contributed by atoms with Crippen molar-refractivity contribution in [1.82, 2.24) is 9.55 Å². The molecule has 1 aromatic carbocycles. The third-order valence-electron chi connectivity index (χ3n) is 3.94. The molecule has 1 aliphatic carbocycles. The lowest BCUT2D eigenvalue weighted by Crippen LogP contribution is -2.10. The van der Waals surface area contributed by atoms with Crippen LogP contribution in [0.15, 0.2) is 22.7 Å². The molecule has 4 heteroatoms. The lowest BCUT2D eigenvalue weighted by Gasteiger charge is -2.13. The molecule has 90 valence electrons. The summed E-state index contributed by atoms with van der Waals surface area (Å²) in [6.45, 7) is 3.33. The van der Waals surface area contributed by atoms with Gasteiger partial charge in [-0.15, -0.1) is 0 Å². The smallest absolute Gasteiger partial charge is 0.178 e. The van der Waals surface area contributed by atoms with E-state index in [-0.39, 0.29) is 0 Å². The topological polar surface area (TPSA) is 20.7 Å². The number of benzene rings is 1. The van der Waals surface area contributed by atoms with Crippen LogP contribution in [-0.4, -0.2) is 9.55 Å². The van der Waals surface area contributed by atoms with E-state index in [1.54, 1.807) is 0 Å². The zero-order valence-corrected chi connectivity index (χ0v) is 12.2. The van der Waals surface area contributed by atoms with E-state index in [1.165, 1.54) is 24.8 Å². The number of halogens is 1. The zero-order chi connectivity index (χ0) is 12.0. The Labute approximate surface area is 114 Å². The Hall–Kier alpha value is -0.610. The first kappa shape index (κ1) is 11.5. The molecular formula is C13H15BrN2S. The summed E-state index contributed by atoms with van der Waals surface area (Å²) in [4.78, 5) is 3.29. The van der Waals surface area contributed by atoms with Gasteiger partial charge >= 0.3 is 0 Å². The average molecular weight is 311 g/mol. The van der Waals surface area contributed by atoms with E-state index < -0.39 is 0 Å². The predicted molar refractivity (Wildman–Crippen MR) is 76.8 cm³/mol. The maximum absolute atomic E-state index is 5.43. The van der Waals surface area contributed by atoms with Crippen molar-refractivity contribution in [2.24, 2.45) is 5.41 Å². The van der Waals surface area contributed by atoms with Crippen molar-refractivity contribution in [3.63, 3.8) is 0 Å². The van der Waals surface area contributed by atoms with Gasteiger partial charge in [0.1, 0.15) is 0 Å². The van der Waals surface area contributed by atoms with Gasteiger partial charge in [-0.05, 0) is 55.1 Å². The molecular weight excluding hydrogens is 296 g/mol. The Bertz CT molecular complexity index is 622. The highest BCUT2D eigenvalue weighted by Gasteiger charge is 2.41. The molecule has 0 aliphatic heterocycles. The van der Waals surface area contributed by atoms with E-state index in [9.17, 15) is 0 Å². The number of aromatic amines is 1. The molecule has 1 N–H and O–H groups in total. The van der Waals surface area contributed by atoms with Crippen LogP contribution >= 0.6 is 28.1 Å². The van der Waals surface area contributed by atoms with E-state index in [2.05, 4.69) is 44.5 Å². The van der Waals surface area contributed by atoms with E-state index in [4.69, 9.17) is 12.2 Å². The van der Waals surface area contributed by atoms with Crippen LogP contribution in [0, 0.1) is 10.2 Å². The molecule has 17 heavy (non-hydrogen) atoms. The Balaban J connectivity index is 2.11. The maximum Gasteiger partial charge on any atom is 0.178 e. The molecule has 0 saturated heterocycles. The van der Waals surface area contributed by atoms with E-state index in [0.29, 0.717) is 5.41 Å². The van der Waals surface area contributed by atoms with Gasteiger partial charge in [0.05, 0.1) is 11.0 Å². The van der Waals surface area contributed by atoms with Gasteiger partial charge in [-0.25, -0.2) is 0 Å². The molecule has 0 spiro atoms. The van der Waals surface area contributed by atoms with Gasteiger partial charge in [0, 0.05) is 11.0 Å². The molecule has 1 aromatic heterocycles. The van der Waals surface area contributed by atoms with Gasteiger partial charge < -0.3 is 9.55 Å². The molecule has 1 heterocycles. The fraction of sp³-hybridized carbons (Fsp3) is 0.462. The van der Waals surface area contributed by atoms with Gasteiger partial charge in [-0.2, -0.15) is 0 Å². The van der Waals surface area contributed by atoms with Crippen molar-refractivity contribution in [3.05, 3.63) is 27.4 Å². The normalized spacial score (nSPS) is 17.5. The number of hydrogen-bond donors (Lipinski definition) is 1. The second-order valence-corrected chi connectivity index (χ2v) is 6.33. The highest BCUT2D eigenvalue weighted by atomic mass is 79.9. The third kappa shape index (κ3) is 1.97. The Morgan fingerprint density at radius 2 is 2.24 bits per heavy atom. The molecule has 1 fully saturated rings. The fourth-order valence-electron chi connectivity index (χ4n) is 2.42. The Kier molecular flexibility index (Phi) is 2.67. The lowest BCUT2D eigenvalue weighted by atomic mass is 10.0. The molecule has 0 bridgehead atoms. The number of aromatic nitrogens is 2. The van der Waals surface area contributed by atoms with E-state index in [1.807, 2.05) is 6.07 Å². The highest BCUT2D eigenvalue weighted by molar-refractivity contribution is 9.10. The minimum Gasteiger partial charge on any atom is -0.331 e. The van der Waals surface area contributed by atoms with Gasteiger partial charge in [0.25, 0.3) is 0 Å². The monoisotopic (exact) mass is 310 g/mol. The Morgan fingerprint density at radius 1 is 1.47 bits per heavy atom. The summed E-state index contributed by atoms with van der Waals surface area (Å²) >= 11 is 8.96. The van der Waals surface area contributed by atoms with Crippen LogP contribution in [0.1, 0.15) is 26.2 Å². The van der Waals surface area contributed by atoms with E-state index >= 15 is 0 Å². The summed E-state index contributed by atoms with van der Waals surface area (Å²) in [7, 11) is 0. The molecule has 0 unspecified atom stereocenters. The summed E-state index contributed by atoms with van der Waals surface area (Å²) in [5, 5.41) is 0. The van der Waals surface area contributed by atoms with Crippen molar-refractivity contribution in [3.8, 4) is 0 Å². The minimum absolute atomic E-state index is 0.510.